The van der Waals surface area contributed by atoms with Gasteiger partial charge in [0, 0.05) is 18.2 Å². The summed E-state index contributed by atoms with van der Waals surface area (Å²) in [5, 5.41) is 2.66. The summed E-state index contributed by atoms with van der Waals surface area (Å²) in [6, 6.07) is 7.67. The van der Waals surface area contributed by atoms with Gasteiger partial charge in [-0.3, -0.25) is 9.69 Å². The first-order valence-electron chi connectivity index (χ1n) is 10.3. The van der Waals surface area contributed by atoms with Crippen LogP contribution >= 0.6 is 0 Å². The second kappa shape index (κ2) is 10.2. The fourth-order valence-corrected chi connectivity index (χ4v) is 3.64. The van der Waals surface area contributed by atoms with Crippen LogP contribution in [0.2, 0.25) is 0 Å². The molecule has 0 aliphatic carbocycles. The van der Waals surface area contributed by atoms with E-state index in [0.29, 0.717) is 0 Å². The average Bonchev–Trinajstić information content (AvgIpc) is 2.79. The minimum absolute atomic E-state index is 0.00363. The Labute approximate surface area is 195 Å². The van der Waals surface area contributed by atoms with Gasteiger partial charge in [0.15, 0.2) is 0 Å². The number of nitrogens with one attached hydrogen (secondary N) is 1. The van der Waals surface area contributed by atoms with Gasteiger partial charge < -0.3 is 19.5 Å². The molecule has 10 heteroatoms. The number of amides is 2. The lowest BCUT2D eigenvalue weighted by atomic mass is 9.93. The zero-order valence-electron chi connectivity index (χ0n) is 19.0. The van der Waals surface area contributed by atoms with Crippen LogP contribution in [-0.2, 0) is 19.1 Å². The van der Waals surface area contributed by atoms with E-state index in [1.807, 2.05) is 0 Å². The van der Waals surface area contributed by atoms with Crippen molar-refractivity contribution in [1.82, 2.24) is 5.32 Å². The van der Waals surface area contributed by atoms with Crippen LogP contribution in [0.25, 0.3) is 0 Å². The van der Waals surface area contributed by atoms with Gasteiger partial charge in [0.1, 0.15) is 11.6 Å². The molecule has 3 rings (SSSR count). The number of esters is 3. The van der Waals surface area contributed by atoms with Crippen molar-refractivity contribution in [1.29, 1.82) is 0 Å². The molecule has 0 aromatic heterocycles. The lowest BCUT2D eigenvalue weighted by Crippen LogP contribution is -2.48. The number of ether oxygens (including phenoxy) is 3. The van der Waals surface area contributed by atoms with E-state index in [0.717, 1.165) is 12.1 Å². The second-order valence-corrected chi connectivity index (χ2v) is 7.26. The van der Waals surface area contributed by atoms with E-state index < -0.39 is 35.8 Å². The number of carbonyl (C=O) groups is 4. The van der Waals surface area contributed by atoms with Gasteiger partial charge in [0.2, 0.25) is 0 Å². The third-order valence-corrected chi connectivity index (χ3v) is 5.04. The molecule has 178 valence electrons. The number of anilines is 1. The van der Waals surface area contributed by atoms with Crippen LogP contribution in [0.5, 0.6) is 5.75 Å². The summed E-state index contributed by atoms with van der Waals surface area (Å²) in [7, 11) is 1.23. The summed E-state index contributed by atoms with van der Waals surface area (Å²) in [5.74, 6) is -2.69. The van der Waals surface area contributed by atoms with Crippen molar-refractivity contribution in [2.45, 2.75) is 26.8 Å². The summed E-state index contributed by atoms with van der Waals surface area (Å²) >= 11 is 0. The minimum Gasteiger partial charge on any atom is -0.465 e. The minimum atomic E-state index is -1.17. The molecule has 2 amide bonds. The molecule has 34 heavy (non-hydrogen) atoms. The van der Waals surface area contributed by atoms with Crippen molar-refractivity contribution < 1.29 is 37.8 Å². The van der Waals surface area contributed by atoms with E-state index in [1.54, 1.807) is 19.1 Å². The van der Waals surface area contributed by atoms with E-state index in [1.165, 1.54) is 44.1 Å². The molecule has 0 saturated carbocycles. The van der Waals surface area contributed by atoms with E-state index >= 15 is 0 Å². The Morgan fingerprint density at radius 3 is 2.50 bits per heavy atom. The van der Waals surface area contributed by atoms with Gasteiger partial charge in [-0.1, -0.05) is 6.07 Å². The Morgan fingerprint density at radius 2 is 1.85 bits per heavy atom. The molecule has 1 aliphatic heterocycles. The number of halogens is 1. The topological polar surface area (TPSA) is 111 Å². The number of benzene rings is 2. The van der Waals surface area contributed by atoms with E-state index in [4.69, 9.17) is 14.2 Å². The number of urea groups is 1. The zero-order valence-corrected chi connectivity index (χ0v) is 19.0. The molecule has 1 aliphatic rings. The molecule has 9 nitrogen and oxygen atoms in total. The maximum Gasteiger partial charge on any atom is 0.338 e. The van der Waals surface area contributed by atoms with Gasteiger partial charge in [-0.15, -0.1) is 0 Å². The zero-order chi connectivity index (χ0) is 25.0. The van der Waals surface area contributed by atoms with Gasteiger partial charge in [-0.25, -0.2) is 18.8 Å². The number of hydrogen-bond donors (Lipinski definition) is 1. The smallest absolute Gasteiger partial charge is 0.338 e. The highest BCUT2D eigenvalue weighted by molar-refractivity contribution is 6.04. The van der Waals surface area contributed by atoms with Crippen LogP contribution in [0, 0.1) is 5.82 Å². The molecule has 1 heterocycles. The van der Waals surface area contributed by atoms with E-state index in [-0.39, 0.29) is 40.4 Å². The van der Waals surface area contributed by atoms with E-state index in [9.17, 15) is 23.6 Å². The third kappa shape index (κ3) is 4.90. The highest BCUT2D eigenvalue weighted by Gasteiger charge is 2.39. The summed E-state index contributed by atoms with van der Waals surface area (Å²) < 4.78 is 29.3. The molecule has 0 fully saturated rings. The van der Waals surface area contributed by atoms with Crippen LogP contribution in [0.3, 0.4) is 0 Å². The molecule has 2 aromatic carbocycles. The quantitative estimate of drug-likeness (QED) is 0.507. The number of carbonyl (C=O) groups excluding carboxylic acids is 4. The van der Waals surface area contributed by atoms with Crippen LogP contribution < -0.4 is 15.0 Å². The Morgan fingerprint density at radius 1 is 1.12 bits per heavy atom. The van der Waals surface area contributed by atoms with Gasteiger partial charge in [-0.2, -0.15) is 0 Å². The van der Waals surface area contributed by atoms with Crippen molar-refractivity contribution in [2.24, 2.45) is 0 Å². The lowest BCUT2D eigenvalue weighted by Gasteiger charge is -2.35. The molecule has 1 unspecified atom stereocenters. The first kappa shape index (κ1) is 24.4. The van der Waals surface area contributed by atoms with Crippen molar-refractivity contribution >= 4 is 29.6 Å². The monoisotopic (exact) mass is 470 g/mol. The predicted molar refractivity (Wildman–Crippen MR) is 119 cm³/mol. The molecular weight excluding hydrogens is 447 g/mol. The summed E-state index contributed by atoms with van der Waals surface area (Å²) in [6.45, 7) is 4.37. The molecule has 0 radical (unpaired) electrons. The third-order valence-electron chi connectivity index (χ3n) is 5.04. The fraction of sp³-hybridized carbons (Fsp3) is 0.250. The maximum atomic E-state index is 14.2. The number of rotatable bonds is 6. The maximum absolute atomic E-state index is 14.2. The van der Waals surface area contributed by atoms with Crippen LogP contribution in [-0.4, -0.2) is 37.7 Å². The first-order chi connectivity index (χ1) is 16.2. The Balaban J connectivity index is 2.19. The number of hydrogen-bond acceptors (Lipinski definition) is 7. The summed E-state index contributed by atoms with van der Waals surface area (Å²) in [5.41, 5.74) is 0.741. The van der Waals surface area contributed by atoms with Gasteiger partial charge in [0.05, 0.1) is 36.6 Å². The molecule has 1 N–H and O–H groups in total. The van der Waals surface area contributed by atoms with Crippen LogP contribution in [0.15, 0.2) is 53.7 Å². The van der Waals surface area contributed by atoms with Crippen LogP contribution in [0.4, 0.5) is 14.9 Å². The largest absolute Gasteiger partial charge is 0.465 e. The summed E-state index contributed by atoms with van der Waals surface area (Å²) in [6.07, 6.45) is 0. The number of methoxy groups -OCH3 is 1. The SMILES string of the molecule is CCOC(=O)C1=C(C)N(c2cccc(C(=O)OC)c2)C(=O)NC1c1cc(F)ccc1OC(C)=O. The summed E-state index contributed by atoms with van der Waals surface area (Å²) in [4.78, 5) is 50.9. The Bertz CT molecular complexity index is 1190. The van der Waals surface area contributed by atoms with Gasteiger partial charge >= 0.3 is 23.9 Å². The molecule has 0 saturated heterocycles. The van der Waals surface area contributed by atoms with Crippen molar-refractivity contribution in [3.63, 3.8) is 0 Å². The second-order valence-electron chi connectivity index (χ2n) is 7.26. The highest BCUT2D eigenvalue weighted by Crippen LogP contribution is 2.38. The molecule has 1 atom stereocenters. The van der Waals surface area contributed by atoms with Crippen molar-refractivity contribution in [2.75, 3.05) is 18.6 Å². The standard InChI is InChI=1S/C24H23FN2O7/c1-5-33-23(30)20-13(2)27(17-8-6-7-15(11-17)22(29)32-4)24(31)26-21(20)18-12-16(25)9-10-19(18)34-14(3)28/h6-12,21H,5H2,1-4H3,(H,26,31). The molecule has 0 bridgehead atoms. The molecular formula is C24H23FN2O7. The highest BCUT2D eigenvalue weighted by atomic mass is 19.1. The Hall–Kier alpha value is -4.21. The van der Waals surface area contributed by atoms with Crippen molar-refractivity contribution in [3.8, 4) is 5.75 Å². The number of allylic oxidation sites excluding steroid dienone is 1. The Kier molecular flexibility index (Phi) is 7.30. The normalized spacial score (nSPS) is 15.5. The van der Waals surface area contributed by atoms with E-state index in [2.05, 4.69) is 5.32 Å². The van der Waals surface area contributed by atoms with Crippen LogP contribution in [0.1, 0.15) is 42.7 Å². The first-order valence-corrected chi connectivity index (χ1v) is 10.3. The molecule has 0 spiro atoms. The predicted octanol–water partition coefficient (Wildman–Crippen LogP) is 3.65. The number of nitrogens with zero attached hydrogens (tertiary/aromatic N) is 1. The van der Waals surface area contributed by atoms with Gasteiger partial charge in [-0.05, 0) is 50.2 Å². The van der Waals surface area contributed by atoms with Gasteiger partial charge in [0.25, 0.3) is 0 Å². The molecule has 2 aromatic rings. The lowest BCUT2D eigenvalue weighted by molar-refractivity contribution is -0.139. The van der Waals surface area contributed by atoms with Crippen molar-refractivity contribution in [3.05, 3.63) is 70.7 Å². The fourth-order valence-electron chi connectivity index (χ4n) is 3.64. The average molecular weight is 470 g/mol.